The quantitative estimate of drug-likeness (QED) is 0.665. The van der Waals surface area contributed by atoms with Crippen LogP contribution in [-0.2, 0) is 7.05 Å². The largest absolute Gasteiger partial charge is 0.300 e. The summed E-state index contributed by atoms with van der Waals surface area (Å²) < 4.78 is 1.75. The van der Waals surface area contributed by atoms with Gasteiger partial charge in [0.05, 0.1) is 12.2 Å². The SMILES string of the molecule is C#CC(NCC)c1cnn(C)c1. The van der Waals surface area contributed by atoms with Crippen molar-refractivity contribution in [3.63, 3.8) is 0 Å². The van der Waals surface area contributed by atoms with Crippen molar-refractivity contribution in [3.05, 3.63) is 18.0 Å². The van der Waals surface area contributed by atoms with Crippen molar-refractivity contribution in [2.45, 2.75) is 13.0 Å². The van der Waals surface area contributed by atoms with Gasteiger partial charge in [0, 0.05) is 18.8 Å². The van der Waals surface area contributed by atoms with Gasteiger partial charge in [-0.2, -0.15) is 5.10 Å². The molecule has 3 nitrogen and oxygen atoms in total. The number of aryl methyl sites for hydroxylation is 1. The van der Waals surface area contributed by atoms with Crippen LogP contribution in [0, 0.1) is 12.3 Å². The zero-order chi connectivity index (χ0) is 8.97. The number of hydrogen-bond donors (Lipinski definition) is 1. The Labute approximate surface area is 72.8 Å². The van der Waals surface area contributed by atoms with Crippen molar-refractivity contribution in [2.24, 2.45) is 7.05 Å². The maximum Gasteiger partial charge on any atom is 0.0973 e. The lowest BCUT2D eigenvalue weighted by Crippen LogP contribution is -2.18. The van der Waals surface area contributed by atoms with Crippen LogP contribution >= 0.6 is 0 Å². The minimum Gasteiger partial charge on any atom is -0.300 e. The topological polar surface area (TPSA) is 29.9 Å². The molecule has 1 rings (SSSR count). The second kappa shape index (κ2) is 3.93. The molecule has 12 heavy (non-hydrogen) atoms. The molecule has 1 aromatic heterocycles. The minimum atomic E-state index is -0.0105. The Kier molecular flexibility index (Phi) is 2.89. The molecule has 1 atom stereocenters. The molecule has 0 spiro atoms. The predicted molar refractivity (Wildman–Crippen MR) is 48.5 cm³/mol. The van der Waals surface area contributed by atoms with Crippen LogP contribution in [0.4, 0.5) is 0 Å². The molecule has 0 aliphatic carbocycles. The summed E-state index contributed by atoms with van der Waals surface area (Å²) >= 11 is 0. The lowest BCUT2D eigenvalue weighted by Gasteiger charge is -2.07. The summed E-state index contributed by atoms with van der Waals surface area (Å²) in [6, 6.07) is -0.0105. The number of aromatic nitrogens is 2. The van der Waals surface area contributed by atoms with Crippen LogP contribution in [0.2, 0.25) is 0 Å². The van der Waals surface area contributed by atoms with Crippen LogP contribution in [0.3, 0.4) is 0 Å². The van der Waals surface area contributed by atoms with Crippen LogP contribution < -0.4 is 5.32 Å². The molecule has 0 aromatic carbocycles. The van der Waals surface area contributed by atoms with Crippen molar-refractivity contribution in [1.82, 2.24) is 15.1 Å². The van der Waals surface area contributed by atoms with Gasteiger partial charge in [0.25, 0.3) is 0 Å². The van der Waals surface area contributed by atoms with E-state index in [1.165, 1.54) is 0 Å². The fourth-order valence-corrected chi connectivity index (χ4v) is 1.07. The van der Waals surface area contributed by atoms with Gasteiger partial charge in [-0.1, -0.05) is 12.8 Å². The molecule has 0 fully saturated rings. The highest BCUT2D eigenvalue weighted by Gasteiger charge is 2.07. The molecule has 1 heterocycles. The van der Waals surface area contributed by atoms with Crippen molar-refractivity contribution in [1.29, 1.82) is 0 Å². The van der Waals surface area contributed by atoms with E-state index in [2.05, 4.69) is 16.3 Å². The van der Waals surface area contributed by atoms with Crippen LogP contribution in [0.5, 0.6) is 0 Å². The van der Waals surface area contributed by atoms with E-state index in [9.17, 15) is 0 Å². The smallest absolute Gasteiger partial charge is 0.0973 e. The molecule has 0 saturated heterocycles. The van der Waals surface area contributed by atoms with Gasteiger partial charge in [0.15, 0.2) is 0 Å². The number of rotatable bonds is 3. The highest BCUT2D eigenvalue weighted by Crippen LogP contribution is 2.09. The van der Waals surface area contributed by atoms with Gasteiger partial charge in [-0.25, -0.2) is 0 Å². The normalized spacial score (nSPS) is 12.4. The van der Waals surface area contributed by atoms with Gasteiger partial charge in [0.1, 0.15) is 0 Å². The molecular formula is C9H13N3. The molecule has 64 valence electrons. The fourth-order valence-electron chi connectivity index (χ4n) is 1.07. The van der Waals surface area contributed by atoms with E-state index in [4.69, 9.17) is 6.42 Å². The first-order valence-corrected chi connectivity index (χ1v) is 3.96. The number of hydrogen-bond acceptors (Lipinski definition) is 2. The summed E-state index contributed by atoms with van der Waals surface area (Å²) in [6.45, 7) is 2.89. The van der Waals surface area contributed by atoms with E-state index >= 15 is 0 Å². The average molecular weight is 163 g/mol. The van der Waals surface area contributed by atoms with E-state index in [1.54, 1.807) is 10.9 Å². The van der Waals surface area contributed by atoms with Crippen molar-refractivity contribution < 1.29 is 0 Å². The Bertz CT molecular complexity index is 282. The molecular weight excluding hydrogens is 150 g/mol. The monoisotopic (exact) mass is 163 g/mol. The molecule has 1 aromatic rings. The summed E-state index contributed by atoms with van der Waals surface area (Å²) in [5.41, 5.74) is 1.04. The van der Waals surface area contributed by atoms with Gasteiger partial charge in [0.2, 0.25) is 0 Å². The lowest BCUT2D eigenvalue weighted by molar-refractivity contribution is 0.663. The van der Waals surface area contributed by atoms with Crippen molar-refractivity contribution >= 4 is 0 Å². The van der Waals surface area contributed by atoms with E-state index < -0.39 is 0 Å². The van der Waals surface area contributed by atoms with Gasteiger partial charge in [-0.3, -0.25) is 4.68 Å². The summed E-state index contributed by atoms with van der Waals surface area (Å²) in [4.78, 5) is 0. The molecule has 1 N–H and O–H groups in total. The number of nitrogens with one attached hydrogen (secondary N) is 1. The molecule has 0 bridgehead atoms. The van der Waals surface area contributed by atoms with E-state index in [-0.39, 0.29) is 6.04 Å². The van der Waals surface area contributed by atoms with E-state index in [0.717, 1.165) is 12.1 Å². The predicted octanol–water partition coefficient (Wildman–Crippen LogP) is 0.704. The molecule has 0 aliphatic rings. The molecule has 0 radical (unpaired) electrons. The fraction of sp³-hybridized carbons (Fsp3) is 0.444. The summed E-state index contributed by atoms with van der Waals surface area (Å²) in [6.07, 6.45) is 9.06. The van der Waals surface area contributed by atoms with Gasteiger partial charge in [-0.15, -0.1) is 6.42 Å². The first kappa shape index (κ1) is 8.82. The minimum absolute atomic E-state index is 0.0105. The Morgan fingerprint density at radius 3 is 3.00 bits per heavy atom. The third kappa shape index (κ3) is 1.86. The first-order valence-electron chi connectivity index (χ1n) is 3.96. The molecule has 3 heteroatoms. The van der Waals surface area contributed by atoms with E-state index in [1.807, 2.05) is 20.2 Å². The van der Waals surface area contributed by atoms with Gasteiger partial charge in [-0.05, 0) is 6.54 Å². The standard InChI is InChI=1S/C9H13N3/c1-4-9(10-5-2)8-6-11-12(3)7-8/h1,6-7,9-10H,5H2,2-3H3. The Balaban J connectivity index is 2.74. The molecule has 0 aliphatic heterocycles. The summed E-state index contributed by atoms with van der Waals surface area (Å²) in [7, 11) is 1.88. The van der Waals surface area contributed by atoms with Gasteiger partial charge >= 0.3 is 0 Å². The second-order valence-electron chi connectivity index (χ2n) is 2.60. The average Bonchev–Trinajstić information content (AvgIpc) is 2.47. The zero-order valence-electron chi connectivity index (χ0n) is 7.41. The summed E-state index contributed by atoms with van der Waals surface area (Å²) in [5, 5.41) is 7.22. The zero-order valence-corrected chi connectivity index (χ0v) is 7.41. The highest BCUT2D eigenvalue weighted by atomic mass is 15.2. The van der Waals surface area contributed by atoms with Crippen LogP contribution in [-0.4, -0.2) is 16.3 Å². The first-order chi connectivity index (χ1) is 5.77. The number of nitrogens with zero attached hydrogens (tertiary/aromatic N) is 2. The summed E-state index contributed by atoms with van der Waals surface area (Å²) in [5.74, 6) is 2.67. The Hall–Kier alpha value is -1.27. The van der Waals surface area contributed by atoms with Crippen molar-refractivity contribution in [3.8, 4) is 12.3 Å². The third-order valence-corrected chi connectivity index (χ3v) is 1.63. The highest BCUT2D eigenvalue weighted by molar-refractivity contribution is 5.20. The second-order valence-corrected chi connectivity index (χ2v) is 2.60. The Morgan fingerprint density at radius 1 is 1.83 bits per heavy atom. The maximum absolute atomic E-state index is 5.35. The maximum atomic E-state index is 5.35. The van der Waals surface area contributed by atoms with E-state index in [0.29, 0.717) is 0 Å². The molecule has 0 amide bonds. The molecule has 0 saturated carbocycles. The van der Waals surface area contributed by atoms with Crippen LogP contribution in [0.15, 0.2) is 12.4 Å². The lowest BCUT2D eigenvalue weighted by atomic mass is 10.2. The van der Waals surface area contributed by atoms with Crippen LogP contribution in [0.25, 0.3) is 0 Å². The van der Waals surface area contributed by atoms with Crippen LogP contribution in [0.1, 0.15) is 18.5 Å². The molecule has 1 unspecified atom stereocenters. The van der Waals surface area contributed by atoms with Gasteiger partial charge < -0.3 is 5.32 Å². The number of terminal acetylenes is 1. The Morgan fingerprint density at radius 2 is 2.58 bits per heavy atom. The van der Waals surface area contributed by atoms with Crippen molar-refractivity contribution in [2.75, 3.05) is 6.54 Å². The third-order valence-electron chi connectivity index (χ3n) is 1.63.